The van der Waals surface area contributed by atoms with Crippen molar-refractivity contribution in [1.29, 1.82) is 0 Å². The van der Waals surface area contributed by atoms with Gasteiger partial charge in [0.05, 0.1) is 25.3 Å². The summed E-state index contributed by atoms with van der Waals surface area (Å²) in [6.07, 6.45) is 1.79. The molecule has 3 N–H and O–H groups in total. The zero-order chi connectivity index (χ0) is 12.5. The van der Waals surface area contributed by atoms with Crippen molar-refractivity contribution in [3.05, 3.63) is 0 Å². The van der Waals surface area contributed by atoms with E-state index in [1.165, 1.54) is 0 Å². The predicted octanol–water partition coefficient (Wildman–Crippen LogP) is -0.656. The summed E-state index contributed by atoms with van der Waals surface area (Å²) in [6.45, 7) is 2.86. The van der Waals surface area contributed by atoms with Crippen LogP contribution in [-0.4, -0.2) is 48.8 Å². The maximum Gasteiger partial charge on any atom is 0.313 e. The van der Waals surface area contributed by atoms with Crippen LogP contribution in [0, 0.1) is 5.41 Å². The Morgan fingerprint density at radius 2 is 2.29 bits per heavy atom. The van der Waals surface area contributed by atoms with Gasteiger partial charge < -0.3 is 20.5 Å². The molecule has 3 atom stereocenters. The molecule has 0 aromatic rings. The van der Waals surface area contributed by atoms with E-state index in [1.54, 1.807) is 6.92 Å². The van der Waals surface area contributed by atoms with Gasteiger partial charge in [-0.25, -0.2) is 0 Å². The minimum absolute atomic E-state index is 0.120. The summed E-state index contributed by atoms with van der Waals surface area (Å²) < 4.78 is 5.18. The standard InChI is InChI=1S/C11H18N2O4/c1-11(10(15)16)6-17-5-8(11)13-9(14)7-3-2-4-12-7/h7-8,12H,2-6H2,1H3,(H,13,14)(H,15,16). The smallest absolute Gasteiger partial charge is 0.313 e. The molecular weight excluding hydrogens is 224 g/mol. The Hall–Kier alpha value is -1.14. The molecule has 0 bridgehead atoms. The number of hydrogen-bond acceptors (Lipinski definition) is 4. The maximum atomic E-state index is 11.9. The van der Waals surface area contributed by atoms with Crippen LogP contribution in [0.15, 0.2) is 0 Å². The number of nitrogens with one attached hydrogen (secondary N) is 2. The Kier molecular flexibility index (Phi) is 3.35. The van der Waals surface area contributed by atoms with E-state index in [-0.39, 0.29) is 25.2 Å². The van der Waals surface area contributed by atoms with Gasteiger partial charge in [-0.15, -0.1) is 0 Å². The lowest BCUT2D eigenvalue weighted by Crippen LogP contribution is -2.53. The van der Waals surface area contributed by atoms with Gasteiger partial charge in [-0.3, -0.25) is 9.59 Å². The minimum Gasteiger partial charge on any atom is -0.481 e. The Bertz CT molecular complexity index is 327. The highest BCUT2D eigenvalue weighted by Crippen LogP contribution is 2.28. The number of amides is 1. The van der Waals surface area contributed by atoms with Gasteiger partial charge >= 0.3 is 5.97 Å². The van der Waals surface area contributed by atoms with Crippen molar-refractivity contribution >= 4 is 11.9 Å². The second-order valence-electron chi connectivity index (χ2n) is 4.95. The van der Waals surface area contributed by atoms with Crippen LogP contribution in [0.3, 0.4) is 0 Å². The molecule has 2 heterocycles. The predicted molar refractivity (Wildman–Crippen MR) is 59.5 cm³/mol. The first kappa shape index (κ1) is 12.3. The van der Waals surface area contributed by atoms with Crippen molar-refractivity contribution < 1.29 is 19.4 Å². The number of rotatable bonds is 3. The molecule has 0 aromatic carbocycles. The fourth-order valence-corrected chi connectivity index (χ4v) is 2.27. The molecule has 0 spiro atoms. The van der Waals surface area contributed by atoms with Crippen LogP contribution in [0.5, 0.6) is 0 Å². The highest BCUT2D eigenvalue weighted by Gasteiger charge is 2.47. The second-order valence-corrected chi connectivity index (χ2v) is 4.95. The number of carboxylic acids is 1. The van der Waals surface area contributed by atoms with Crippen LogP contribution in [0.1, 0.15) is 19.8 Å². The molecule has 0 saturated carbocycles. The van der Waals surface area contributed by atoms with Gasteiger partial charge in [-0.2, -0.15) is 0 Å². The summed E-state index contributed by atoms with van der Waals surface area (Å²) in [6, 6.07) is -0.636. The Labute approximate surface area is 99.7 Å². The number of carboxylic acid groups (broad SMARTS) is 1. The second kappa shape index (κ2) is 4.62. The topological polar surface area (TPSA) is 87.7 Å². The Morgan fingerprint density at radius 1 is 1.53 bits per heavy atom. The zero-order valence-electron chi connectivity index (χ0n) is 9.86. The van der Waals surface area contributed by atoms with Crippen LogP contribution in [-0.2, 0) is 14.3 Å². The van der Waals surface area contributed by atoms with E-state index in [0.717, 1.165) is 19.4 Å². The van der Waals surface area contributed by atoms with Gasteiger partial charge in [0.2, 0.25) is 5.91 Å². The molecule has 2 rings (SSSR count). The van der Waals surface area contributed by atoms with Crippen LogP contribution < -0.4 is 10.6 Å². The third-order valence-corrected chi connectivity index (χ3v) is 3.64. The summed E-state index contributed by atoms with van der Waals surface area (Å²) in [5.41, 5.74) is -1.02. The van der Waals surface area contributed by atoms with E-state index in [1.807, 2.05) is 0 Å². The maximum absolute atomic E-state index is 11.9. The highest BCUT2D eigenvalue weighted by atomic mass is 16.5. The average Bonchev–Trinajstić information content (AvgIpc) is 2.89. The molecule has 3 unspecified atom stereocenters. The molecule has 2 aliphatic heterocycles. The van der Waals surface area contributed by atoms with E-state index < -0.39 is 17.4 Å². The number of aliphatic carboxylic acids is 1. The molecule has 96 valence electrons. The molecular formula is C11H18N2O4. The molecule has 1 amide bonds. The monoisotopic (exact) mass is 242 g/mol. The molecule has 2 saturated heterocycles. The summed E-state index contributed by atoms with van der Waals surface area (Å²) >= 11 is 0. The highest BCUT2D eigenvalue weighted by molar-refractivity contribution is 5.84. The van der Waals surface area contributed by atoms with Crippen LogP contribution >= 0.6 is 0 Å². The number of carbonyl (C=O) groups excluding carboxylic acids is 1. The third kappa shape index (κ3) is 2.28. The van der Waals surface area contributed by atoms with Gasteiger partial charge in [0.15, 0.2) is 0 Å². The van der Waals surface area contributed by atoms with E-state index in [0.29, 0.717) is 0 Å². The van der Waals surface area contributed by atoms with Gasteiger partial charge in [-0.1, -0.05) is 0 Å². The third-order valence-electron chi connectivity index (χ3n) is 3.64. The molecule has 0 aliphatic carbocycles. The van der Waals surface area contributed by atoms with Crippen molar-refractivity contribution in [1.82, 2.24) is 10.6 Å². The summed E-state index contributed by atoms with van der Waals surface area (Å²) in [7, 11) is 0. The number of carbonyl (C=O) groups is 2. The Balaban J connectivity index is 1.98. The number of ether oxygens (including phenoxy) is 1. The van der Waals surface area contributed by atoms with Crippen LogP contribution in [0.4, 0.5) is 0 Å². The lowest BCUT2D eigenvalue weighted by molar-refractivity contribution is -0.149. The largest absolute Gasteiger partial charge is 0.481 e. The van der Waals surface area contributed by atoms with Gasteiger partial charge in [0.25, 0.3) is 0 Å². The van der Waals surface area contributed by atoms with Crippen molar-refractivity contribution in [2.24, 2.45) is 5.41 Å². The summed E-state index contributed by atoms with van der Waals surface area (Å²) in [5, 5.41) is 15.0. The van der Waals surface area contributed by atoms with Crippen LogP contribution in [0.25, 0.3) is 0 Å². The van der Waals surface area contributed by atoms with Crippen molar-refractivity contribution in [2.45, 2.75) is 31.8 Å². The fraction of sp³-hybridized carbons (Fsp3) is 0.818. The lowest BCUT2D eigenvalue weighted by Gasteiger charge is -2.26. The van der Waals surface area contributed by atoms with Crippen LogP contribution in [0.2, 0.25) is 0 Å². The molecule has 0 radical (unpaired) electrons. The molecule has 0 aromatic heterocycles. The minimum atomic E-state index is -1.02. The van der Waals surface area contributed by atoms with E-state index in [9.17, 15) is 14.7 Å². The normalized spacial score (nSPS) is 37.0. The van der Waals surface area contributed by atoms with Crippen molar-refractivity contribution in [3.8, 4) is 0 Å². The molecule has 17 heavy (non-hydrogen) atoms. The van der Waals surface area contributed by atoms with Crippen molar-refractivity contribution in [2.75, 3.05) is 19.8 Å². The average molecular weight is 242 g/mol. The van der Waals surface area contributed by atoms with Gasteiger partial charge in [-0.05, 0) is 26.3 Å². The van der Waals surface area contributed by atoms with Crippen molar-refractivity contribution in [3.63, 3.8) is 0 Å². The molecule has 6 heteroatoms. The molecule has 2 aliphatic rings. The molecule has 6 nitrogen and oxygen atoms in total. The lowest BCUT2D eigenvalue weighted by atomic mass is 9.85. The van der Waals surface area contributed by atoms with E-state index >= 15 is 0 Å². The van der Waals surface area contributed by atoms with E-state index in [4.69, 9.17) is 4.74 Å². The first-order chi connectivity index (χ1) is 8.04. The summed E-state index contributed by atoms with van der Waals surface area (Å²) in [5.74, 6) is -1.05. The first-order valence-electron chi connectivity index (χ1n) is 5.89. The number of hydrogen-bond donors (Lipinski definition) is 3. The van der Waals surface area contributed by atoms with E-state index in [2.05, 4.69) is 10.6 Å². The first-order valence-corrected chi connectivity index (χ1v) is 5.89. The van der Waals surface area contributed by atoms with Gasteiger partial charge in [0, 0.05) is 0 Å². The SMILES string of the molecule is CC1(C(=O)O)COCC1NC(=O)C1CCCN1. The zero-order valence-corrected chi connectivity index (χ0v) is 9.86. The fourth-order valence-electron chi connectivity index (χ4n) is 2.27. The Morgan fingerprint density at radius 3 is 2.88 bits per heavy atom. The molecule has 2 fully saturated rings. The quantitative estimate of drug-likeness (QED) is 0.612. The van der Waals surface area contributed by atoms with Gasteiger partial charge in [0.1, 0.15) is 5.41 Å². The summed E-state index contributed by atoms with van der Waals surface area (Å²) in [4.78, 5) is 23.1.